The Morgan fingerprint density at radius 1 is 1.07 bits per heavy atom. The Morgan fingerprint density at radius 3 is 2.45 bits per heavy atom. The summed E-state index contributed by atoms with van der Waals surface area (Å²) in [6.45, 7) is 9.20. The largest absolute Gasteiger partial charge is 0.494 e. The van der Waals surface area contributed by atoms with E-state index in [9.17, 15) is 14.4 Å². The molecule has 0 spiro atoms. The lowest BCUT2D eigenvalue weighted by Gasteiger charge is -2.25. The topological polar surface area (TPSA) is 109 Å². The van der Waals surface area contributed by atoms with Crippen LogP contribution in [0, 0.1) is 0 Å². The van der Waals surface area contributed by atoms with Crippen molar-refractivity contribution in [3.8, 4) is 17.2 Å². The highest BCUT2D eigenvalue weighted by Crippen LogP contribution is 2.32. The Balaban J connectivity index is 1.51. The second-order valence-electron chi connectivity index (χ2n) is 10.8. The van der Waals surface area contributed by atoms with Crippen LogP contribution in [0.15, 0.2) is 63.5 Å². The smallest absolute Gasteiger partial charge is 0.338 e. The Kier molecular flexibility index (Phi) is 9.53. The van der Waals surface area contributed by atoms with Gasteiger partial charge in [0.1, 0.15) is 5.75 Å². The summed E-state index contributed by atoms with van der Waals surface area (Å²) in [5, 5.41) is 0. The second kappa shape index (κ2) is 13.5. The van der Waals surface area contributed by atoms with Crippen molar-refractivity contribution in [1.29, 1.82) is 0 Å². The third-order valence-corrected chi connectivity index (χ3v) is 8.37. The summed E-state index contributed by atoms with van der Waals surface area (Å²) in [6.07, 6.45) is 3.44. The Morgan fingerprint density at radius 2 is 1.80 bits per heavy atom. The zero-order chi connectivity index (χ0) is 31.4. The molecular formula is C33H37N3O7S. The maximum atomic E-state index is 14.0. The van der Waals surface area contributed by atoms with Crippen molar-refractivity contribution < 1.29 is 28.5 Å². The average Bonchev–Trinajstić information content (AvgIpc) is 3.64. The number of methoxy groups -OCH3 is 1. The van der Waals surface area contributed by atoms with Crippen LogP contribution < -0.4 is 29.1 Å². The van der Waals surface area contributed by atoms with Crippen LogP contribution in [0.1, 0.15) is 57.7 Å². The van der Waals surface area contributed by atoms with Gasteiger partial charge in [-0.3, -0.25) is 14.2 Å². The third kappa shape index (κ3) is 6.57. The standard InChI is InChI=1S/C33H37N3O7S/c1-6-41-24-12-10-23(11-13-24)30-29(32(39)43-20(2)3)21(4)34-33-36(30)31(38)27(44-33)18-22-9-14-25(26(17-22)40-5)42-19-28(37)35-15-7-8-16-35/h9-14,17-18,20,30H,6-8,15-16,19H2,1-5H3/b27-18-/t30-/m0/s1. The van der Waals surface area contributed by atoms with Crippen LogP contribution in [0.2, 0.25) is 0 Å². The van der Waals surface area contributed by atoms with E-state index in [2.05, 4.69) is 4.99 Å². The van der Waals surface area contributed by atoms with Gasteiger partial charge in [-0.2, -0.15) is 0 Å². The maximum absolute atomic E-state index is 14.0. The first-order valence-electron chi connectivity index (χ1n) is 14.7. The predicted octanol–water partition coefficient (Wildman–Crippen LogP) is 3.60. The minimum absolute atomic E-state index is 0.0521. The highest BCUT2D eigenvalue weighted by atomic mass is 32.1. The molecule has 0 radical (unpaired) electrons. The number of aromatic nitrogens is 1. The molecule has 1 amide bonds. The van der Waals surface area contributed by atoms with Crippen molar-refractivity contribution >= 4 is 29.3 Å². The number of carbonyl (C=O) groups excluding carboxylic acids is 2. The molecule has 232 valence electrons. The van der Waals surface area contributed by atoms with Gasteiger partial charge in [-0.1, -0.05) is 29.5 Å². The molecular weight excluding hydrogens is 582 g/mol. The highest BCUT2D eigenvalue weighted by molar-refractivity contribution is 7.07. The van der Waals surface area contributed by atoms with E-state index in [0.29, 0.717) is 50.0 Å². The Hall–Kier alpha value is -4.38. The van der Waals surface area contributed by atoms with Crippen molar-refractivity contribution in [3.63, 3.8) is 0 Å². The number of benzene rings is 2. The molecule has 0 N–H and O–H groups in total. The third-order valence-electron chi connectivity index (χ3n) is 7.39. The number of likely N-dealkylation sites (tertiary alicyclic amines) is 1. The zero-order valence-electron chi connectivity index (χ0n) is 25.6. The molecule has 11 heteroatoms. The maximum Gasteiger partial charge on any atom is 0.338 e. The molecule has 0 aliphatic carbocycles. The fraction of sp³-hybridized carbons (Fsp3) is 0.394. The summed E-state index contributed by atoms with van der Waals surface area (Å²) in [5.74, 6) is 1.01. The van der Waals surface area contributed by atoms with Crippen molar-refractivity contribution in [2.75, 3.05) is 33.4 Å². The van der Waals surface area contributed by atoms with E-state index in [4.69, 9.17) is 18.9 Å². The van der Waals surface area contributed by atoms with E-state index in [-0.39, 0.29) is 24.2 Å². The summed E-state index contributed by atoms with van der Waals surface area (Å²) in [4.78, 5) is 46.7. The minimum Gasteiger partial charge on any atom is -0.494 e. The number of allylic oxidation sites excluding steroid dienone is 1. The summed E-state index contributed by atoms with van der Waals surface area (Å²) in [6, 6.07) is 11.9. The molecule has 1 fully saturated rings. The van der Waals surface area contributed by atoms with Gasteiger partial charge in [0.15, 0.2) is 22.9 Å². The molecule has 0 bridgehead atoms. The molecule has 0 saturated carbocycles. The van der Waals surface area contributed by atoms with Crippen LogP contribution in [0.3, 0.4) is 0 Å². The number of thiazole rings is 1. The van der Waals surface area contributed by atoms with Gasteiger partial charge in [-0.25, -0.2) is 9.79 Å². The van der Waals surface area contributed by atoms with Crippen molar-refractivity contribution in [2.24, 2.45) is 4.99 Å². The summed E-state index contributed by atoms with van der Waals surface area (Å²) < 4.78 is 24.5. The van der Waals surface area contributed by atoms with Gasteiger partial charge in [0.05, 0.1) is 41.7 Å². The van der Waals surface area contributed by atoms with Crippen LogP contribution in [-0.4, -0.2) is 60.9 Å². The normalized spacial score (nSPS) is 16.5. The van der Waals surface area contributed by atoms with Gasteiger partial charge in [0.2, 0.25) is 0 Å². The van der Waals surface area contributed by atoms with Gasteiger partial charge >= 0.3 is 5.97 Å². The van der Waals surface area contributed by atoms with Crippen LogP contribution in [0.5, 0.6) is 17.2 Å². The number of nitrogens with zero attached hydrogens (tertiary/aromatic N) is 3. The van der Waals surface area contributed by atoms with Crippen LogP contribution in [0.4, 0.5) is 0 Å². The van der Waals surface area contributed by atoms with Gasteiger partial charge in [-0.15, -0.1) is 0 Å². The fourth-order valence-corrected chi connectivity index (χ4v) is 6.38. The van der Waals surface area contributed by atoms with Crippen molar-refractivity contribution in [3.05, 3.63) is 84.5 Å². The van der Waals surface area contributed by atoms with Gasteiger partial charge < -0.3 is 23.8 Å². The van der Waals surface area contributed by atoms with Crippen LogP contribution >= 0.6 is 11.3 Å². The summed E-state index contributed by atoms with van der Waals surface area (Å²) >= 11 is 1.24. The predicted molar refractivity (Wildman–Crippen MR) is 167 cm³/mol. The van der Waals surface area contributed by atoms with Crippen LogP contribution in [-0.2, 0) is 14.3 Å². The molecule has 2 aliphatic rings. The Bertz CT molecular complexity index is 1750. The lowest BCUT2D eigenvalue weighted by atomic mass is 9.96. The first-order chi connectivity index (χ1) is 21.2. The average molecular weight is 620 g/mol. The van der Waals surface area contributed by atoms with E-state index < -0.39 is 12.0 Å². The molecule has 5 rings (SSSR count). The van der Waals surface area contributed by atoms with E-state index in [1.807, 2.05) is 31.2 Å². The molecule has 3 aromatic rings. The van der Waals surface area contributed by atoms with E-state index >= 15 is 0 Å². The minimum atomic E-state index is -0.728. The molecule has 0 unspecified atom stereocenters. The zero-order valence-corrected chi connectivity index (χ0v) is 26.4. The van der Waals surface area contributed by atoms with Gasteiger partial charge in [-0.05, 0) is 82.0 Å². The van der Waals surface area contributed by atoms with Crippen molar-refractivity contribution in [1.82, 2.24) is 9.47 Å². The number of hydrogen-bond acceptors (Lipinski definition) is 9. The fourth-order valence-electron chi connectivity index (χ4n) is 5.33. The van der Waals surface area contributed by atoms with Gasteiger partial charge in [0, 0.05) is 13.1 Å². The summed E-state index contributed by atoms with van der Waals surface area (Å²) in [7, 11) is 1.53. The Labute approximate surface area is 259 Å². The molecule has 1 atom stereocenters. The molecule has 2 aromatic carbocycles. The second-order valence-corrected chi connectivity index (χ2v) is 11.8. The van der Waals surface area contributed by atoms with E-state index in [0.717, 1.165) is 31.5 Å². The number of rotatable bonds is 10. The first kappa shape index (κ1) is 31.1. The number of hydrogen-bond donors (Lipinski definition) is 0. The quantitative estimate of drug-likeness (QED) is 0.319. The number of carbonyl (C=O) groups is 2. The molecule has 10 nitrogen and oxygen atoms in total. The lowest BCUT2D eigenvalue weighted by molar-refractivity contribution is -0.143. The molecule has 3 heterocycles. The van der Waals surface area contributed by atoms with E-state index in [1.54, 1.807) is 54.5 Å². The van der Waals surface area contributed by atoms with E-state index in [1.165, 1.54) is 18.4 Å². The number of ether oxygens (including phenoxy) is 4. The number of fused-ring (bicyclic) bond motifs is 1. The number of esters is 1. The molecule has 1 aromatic heterocycles. The molecule has 2 aliphatic heterocycles. The molecule has 44 heavy (non-hydrogen) atoms. The van der Waals surface area contributed by atoms with Gasteiger partial charge in [0.25, 0.3) is 11.5 Å². The first-order valence-corrected chi connectivity index (χ1v) is 15.6. The molecule has 1 saturated heterocycles. The number of amides is 1. The highest BCUT2D eigenvalue weighted by Gasteiger charge is 2.34. The van der Waals surface area contributed by atoms with Crippen molar-refractivity contribution in [2.45, 2.75) is 52.7 Å². The van der Waals surface area contributed by atoms with Crippen LogP contribution in [0.25, 0.3) is 6.08 Å². The SMILES string of the molecule is CCOc1ccc([C@H]2C(C(=O)OC(C)C)=C(C)N=c3s/c(=C\c4ccc(OCC(=O)N5CCCC5)c(OC)c4)c(=O)n32)cc1. The summed E-state index contributed by atoms with van der Waals surface area (Å²) in [5.41, 5.74) is 1.96. The monoisotopic (exact) mass is 619 g/mol. The lowest BCUT2D eigenvalue weighted by Crippen LogP contribution is -2.40.